The predicted octanol–water partition coefficient (Wildman–Crippen LogP) is 5.71. The van der Waals surface area contributed by atoms with Crippen LogP contribution in [0.3, 0.4) is 0 Å². The van der Waals surface area contributed by atoms with Crippen LogP contribution in [0.1, 0.15) is 22.5 Å². The van der Waals surface area contributed by atoms with Gasteiger partial charge in [-0.2, -0.15) is 5.10 Å². The highest BCUT2D eigenvalue weighted by Crippen LogP contribution is 2.33. The van der Waals surface area contributed by atoms with Gasteiger partial charge in [0.05, 0.1) is 16.4 Å². The van der Waals surface area contributed by atoms with Crippen molar-refractivity contribution in [3.63, 3.8) is 0 Å². The number of hydrazine groups is 1. The van der Waals surface area contributed by atoms with Crippen molar-refractivity contribution in [3.8, 4) is 16.9 Å². The standard InChI is InChI=1S/C22H19Cl3N4O/c1-14-20(22(30)27-28-11-3-2-4-12-28)26-29(19-10-9-17(24)13-18(19)25)21(14)15-5-7-16(23)8-6-15/h2-3,5-10,13H,4,11-12H2,1H3,(H,27,30). The number of hydrogen-bond acceptors (Lipinski definition) is 3. The van der Waals surface area contributed by atoms with E-state index in [2.05, 4.69) is 16.6 Å². The van der Waals surface area contributed by atoms with E-state index in [-0.39, 0.29) is 5.91 Å². The molecule has 0 saturated carbocycles. The Bertz CT molecular complexity index is 1120. The molecule has 0 fully saturated rings. The molecule has 1 aliphatic rings. The molecule has 0 atom stereocenters. The minimum Gasteiger partial charge on any atom is -0.283 e. The fourth-order valence-corrected chi connectivity index (χ4v) is 4.04. The number of carbonyl (C=O) groups is 1. The third-order valence-corrected chi connectivity index (χ3v) is 5.70. The second-order valence-corrected chi connectivity index (χ2v) is 8.26. The van der Waals surface area contributed by atoms with Gasteiger partial charge < -0.3 is 0 Å². The number of nitrogens with zero attached hydrogens (tertiary/aromatic N) is 3. The van der Waals surface area contributed by atoms with Crippen molar-refractivity contribution in [1.82, 2.24) is 20.2 Å². The first-order chi connectivity index (χ1) is 14.4. The number of carbonyl (C=O) groups excluding carboxylic acids is 1. The van der Waals surface area contributed by atoms with Crippen molar-refractivity contribution >= 4 is 40.7 Å². The van der Waals surface area contributed by atoms with E-state index in [9.17, 15) is 4.79 Å². The smallest absolute Gasteiger partial charge is 0.283 e. The molecule has 2 heterocycles. The molecule has 1 N–H and O–H groups in total. The van der Waals surface area contributed by atoms with Gasteiger partial charge >= 0.3 is 0 Å². The van der Waals surface area contributed by atoms with Gasteiger partial charge in [-0.25, -0.2) is 9.69 Å². The Morgan fingerprint density at radius 2 is 1.77 bits per heavy atom. The summed E-state index contributed by atoms with van der Waals surface area (Å²) in [5, 5.41) is 8.10. The molecular formula is C22H19Cl3N4O. The van der Waals surface area contributed by atoms with Gasteiger partial charge in [-0.3, -0.25) is 10.2 Å². The Morgan fingerprint density at radius 1 is 1.03 bits per heavy atom. The molecule has 8 heteroatoms. The molecule has 3 aromatic rings. The van der Waals surface area contributed by atoms with E-state index in [0.29, 0.717) is 33.0 Å². The summed E-state index contributed by atoms with van der Waals surface area (Å²) in [4.78, 5) is 13.0. The van der Waals surface area contributed by atoms with Gasteiger partial charge in [-0.05, 0) is 43.7 Å². The van der Waals surface area contributed by atoms with Crippen molar-refractivity contribution in [2.45, 2.75) is 13.3 Å². The molecule has 1 amide bonds. The molecule has 30 heavy (non-hydrogen) atoms. The molecule has 1 aromatic heterocycles. The van der Waals surface area contributed by atoms with E-state index in [1.165, 1.54) is 0 Å². The SMILES string of the molecule is Cc1c(C(=O)NN2CC=CCC2)nn(-c2ccc(Cl)cc2Cl)c1-c1ccc(Cl)cc1. The van der Waals surface area contributed by atoms with Crippen molar-refractivity contribution < 1.29 is 4.79 Å². The van der Waals surface area contributed by atoms with Gasteiger partial charge in [0.15, 0.2) is 5.69 Å². The summed E-state index contributed by atoms with van der Waals surface area (Å²) < 4.78 is 1.68. The Morgan fingerprint density at radius 3 is 2.43 bits per heavy atom. The van der Waals surface area contributed by atoms with Gasteiger partial charge in [0, 0.05) is 34.3 Å². The van der Waals surface area contributed by atoms with Crippen LogP contribution in [0.15, 0.2) is 54.6 Å². The van der Waals surface area contributed by atoms with E-state index in [4.69, 9.17) is 34.8 Å². The lowest BCUT2D eigenvalue weighted by Crippen LogP contribution is -2.44. The quantitative estimate of drug-likeness (QED) is 0.506. The second kappa shape index (κ2) is 8.82. The number of rotatable bonds is 4. The molecule has 0 saturated heterocycles. The monoisotopic (exact) mass is 460 g/mol. The summed E-state index contributed by atoms with van der Waals surface area (Å²) in [6.45, 7) is 3.30. The highest BCUT2D eigenvalue weighted by atomic mass is 35.5. The Kier molecular flexibility index (Phi) is 6.16. The predicted molar refractivity (Wildman–Crippen MR) is 122 cm³/mol. The maximum absolute atomic E-state index is 13.0. The number of halogens is 3. The summed E-state index contributed by atoms with van der Waals surface area (Å²) >= 11 is 18.6. The van der Waals surface area contributed by atoms with Crippen LogP contribution in [0.5, 0.6) is 0 Å². The zero-order chi connectivity index (χ0) is 21.3. The minimum absolute atomic E-state index is 0.262. The number of nitrogens with one attached hydrogen (secondary N) is 1. The lowest BCUT2D eigenvalue weighted by molar-refractivity contribution is 0.0798. The van der Waals surface area contributed by atoms with Gasteiger partial charge in [0.25, 0.3) is 5.91 Å². The Hall–Kier alpha value is -2.31. The largest absolute Gasteiger partial charge is 0.286 e. The van der Waals surface area contributed by atoms with Crippen LogP contribution in [0.2, 0.25) is 15.1 Å². The molecule has 154 valence electrons. The first-order valence-electron chi connectivity index (χ1n) is 9.46. The molecule has 4 rings (SSSR count). The van der Waals surface area contributed by atoms with Gasteiger partial charge in [0.2, 0.25) is 0 Å². The molecule has 1 aliphatic heterocycles. The van der Waals surface area contributed by atoms with E-state index >= 15 is 0 Å². The van der Waals surface area contributed by atoms with E-state index < -0.39 is 0 Å². The lowest BCUT2D eigenvalue weighted by Gasteiger charge is -2.23. The lowest BCUT2D eigenvalue weighted by atomic mass is 10.1. The summed E-state index contributed by atoms with van der Waals surface area (Å²) in [7, 11) is 0. The topological polar surface area (TPSA) is 50.2 Å². The van der Waals surface area contributed by atoms with Crippen LogP contribution in [0, 0.1) is 6.92 Å². The molecule has 2 aromatic carbocycles. The number of amides is 1. The van der Waals surface area contributed by atoms with Gasteiger partial charge in [-0.15, -0.1) is 0 Å². The van der Waals surface area contributed by atoms with Crippen LogP contribution < -0.4 is 5.43 Å². The molecule has 0 aliphatic carbocycles. The number of hydrogen-bond donors (Lipinski definition) is 1. The molecular weight excluding hydrogens is 443 g/mol. The zero-order valence-corrected chi connectivity index (χ0v) is 18.5. The van der Waals surface area contributed by atoms with Crippen LogP contribution in [0.25, 0.3) is 16.9 Å². The van der Waals surface area contributed by atoms with Crippen molar-refractivity contribution in [1.29, 1.82) is 0 Å². The highest BCUT2D eigenvalue weighted by molar-refractivity contribution is 6.35. The first kappa shape index (κ1) is 20.9. The molecule has 0 bridgehead atoms. The van der Waals surface area contributed by atoms with E-state index in [1.54, 1.807) is 35.0 Å². The van der Waals surface area contributed by atoms with E-state index in [0.717, 1.165) is 29.8 Å². The van der Waals surface area contributed by atoms with Gasteiger partial charge in [-0.1, -0.05) is 59.1 Å². The zero-order valence-electron chi connectivity index (χ0n) is 16.2. The summed E-state index contributed by atoms with van der Waals surface area (Å²) in [5.41, 5.74) is 6.29. The average molecular weight is 462 g/mol. The fraction of sp³-hybridized carbons (Fsp3) is 0.182. The van der Waals surface area contributed by atoms with Crippen molar-refractivity contribution in [2.24, 2.45) is 0 Å². The van der Waals surface area contributed by atoms with Crippen LogP contribution >= 0.6 is 34.8 Å². The third-order valence-electron chi connectivity index (χ3n) is 4.91. The average Bonchev–Trinajstić information content (AvgIpc) is 3.06. The summed E-state index contributed by atoms with van der Waals surface area (Å²) in [6.07, 6.45) is 5.02. The van der Waals surface area contributed by atoms with Gasteiger partial charge in [0.1, 0.15) is 0 Å². The van der Waals surface area contributed by atoms with Crippen molar-refractivity contribution in [3.05, 3.63) is 80.9 Å². The normalized spacial score (nSPS) is 14.1. The van der Waals surface area contributed by atoms with Crippen LogP contribution in [-0.2, 0) is 0 Å². The number of benzene rings is 2. The first-order valence-corrected chi connectivity index (χ1v) is 10.6. The Labute approximate surface area is 189 Å². The van der Waals surface area contributed by atoms with E-state index in [1.807, 2.05) is 30.1 Å². The maximum Gasteiger partial charge on any atom is 0.286 e. The Balaban J connectivity index is 1.81. The maximum atomic E-state index is 13.0. The number of aromatic nitrogens is 2. The molecule has 0 unspecified atom stereocenters. The summed E-state index contributed by atoms with van der Waals surface area (Å²) in [5.74, 6) is -0.262. The summed E-state index contributed by atoms with van der Waals surface area (Å²) in [6, 6.07) is 12.6. The van der Waals surface area contributed by atoms with Crippen LogP contribution in [0.4, 0.5) is 0 Å². The van der Waals surface area contributed by atoms with Crippen molar-refractivity contribution in [2.75, 3.05) is 13.1 Å². The molecule has 0 radical (unpaired) electrons. The highest BCUT2D eigenvalue weighted by Gasteiger charge is 2.24. The van der Waals surface area contributed by atoms with Crippen LogP contribution in [-0.4, -0.2) is 33.8 Å². The fourth-order valence-electron chi connectivity index (χ4n) is 3.43. The second-order valence-electron chi connectivity index (χ2n) is 6.98. The third kappa shape index (κ3) is 4.25. The minimum atomic E-state index is -0.262. The molecule has 5 nitrogen and oxygen atoms in total. The molecule has 0 spiro atoms.